The van der Waals surface area contributed by atoms with Crippen molar-refractivity contribution in [1.82, 2.24) is 0 Å². The third-order valence-electron chi connectivity index (χ3n) is 3.32. The molecule has 146 valence electrons. The second-order valence-corrected chi connectivity index (χ2v) is 5.00. The maximum Gasteiger partial charge on any atom is 0.161 e. The molecule has 0 heterocycles. The lowest BCUT2D eigenvalue weighted by Crippen LogP contribution is -2.00. The van der Waals surface area contributed by atoms with Gasteiger partial charge in [0.05, 0.1) is 0 Å². The van der Waals surface area contributed by atoms with E-state index in [0.29, 0.717) is 13.2 Å². The van der Waals surface area contributed by atoms with Gasteiger partial charge in [0.15, 0.2) is 11.5 Å². The fourth-order valence-electron chi connectivity index (χ4n) is 2.16. The SMILES string of the molecule is CC.CC.O.c1ccc(COc2ccccc2OCc2ccccc2)cc1. The van der Waals surface area contributed by atoms with Crippen molar-refractivity contribution >= 4 is 0 Å². The lowest BCUT2D eigenvalue weighted by molar-refractivity contribution is 0.256. The van der Waals surface area contributed by atoms with Gasteiger partial charge in [-0.1, -0.05) is 100 Å². The minimum atomic E-state index is 0. The van der Waals surface area contributed by atoms with E-state index < -0.39 is 0 Å². The molecule has 2 N–H and O–H groups in total. The van der Waals surface area contributed by atoms with Gasteiger partial charge in [-0.2, -0.15) is 0 Å². The van der Waals surface area contributed by atoms with Crippen LogP contribution in [0.4, 0.5) is 0 Å². The molecule has 0 atom stereocenters. The topological polar surface area (TPSA) is 50.0 Å². The van der Waals surface area contributed by atoms with E-state index in [1.165, 1.54) is 0 Å². The molecule has 0 saturated heterocycles. The van der Waals surface area contributed by atoms with Crippen LogP contribution in [0.15, 0.2) is 84.9 Å². The second-order valence-electron chi connectivity index (χ2n) is 5.00. The summed E-state index contributed by atoms with van der Waals surface area (Å²) in [5.41, 5.74) is 2.28. The van der Waals surface area contributed by atoms with Crippen molar-refractivity contribution in [3.8, 4) is 11.5 Å². The molecule has 0 bridgehead atoms. The Morgan fingerprint density at radius 3 is 1.11 bits per heavy atom. The summed E-state index contributed by atoms with van der Waals surface area (Å²) in [5.74, 6) is 1.53. The highest BCUT2D eigenvalue weighted by atomic mass is 16.5. The van der Waals surface area contributed by atoms with Crippen molar-refractivity contribution in [2.75, 3.05) is 0 Å². The van der Waals surface area contributed by atoms with E-state index in [2.05, 4.69) is 0 Å². The molecule has 3 rings (SSSR count). The molecule has 0 aromatic heterocycles. The van der Waals surface area contributed by atoms with Gasteiger partial charge in [0, 0.05) is 0 Å². The summed E-state index contributed by atoms with van der Waals surface area (Å²) in [5, 5.41) is 0. The second kappa shape index (κ2) is 15.5. The number of benzene rings is 3. The zero-order chi connectivity index (χ0) is 19.0. The molecule has 0 spiro atoms. The molecule has 0 saturated carbocycles. The van der Waals surface area contributed by atoms with E-state index in [1.54, 1.807) is 0 Å². The quantitative estimate of drug-likeness (QED) is 0.530. The highest BCUT2D eigenvalue weighted by Gasteiger charge is 2.05. The van der Waals surface area contributed by atoms with Crippen molar-refractivity contribution in [3.63, 3.8) is 0 Å². The number of rotatable bonds is 6. The Morgan fingerprint density at radius 1 is 0.481 bits per heavy atom. The Hall–Kier alpha value is -2.78. The van der Waals surface area contributed by atoms with Crippen LogP contribution in [0.1, 0.15) is 38.8 Å². The summed E-state index contributed by atoms with van der Waals surface area (Å²) >= 11 is 0. The summed E-state index contributed by atoms with van der Waals surface area (Å²) in [6.07, 6.45) is 0. The fourth-order valence-corrected chi connectivity index (χ4v) is 2.16. The average molecular weight is 369 g/mol. The van der Waals surface area contributed by atoms with Crippen LogP contribution in [0.3, 0.4) is 0 Å². The highest BCUT2D eigenvalue weighted by Crippen LogP contribution is 2.28. The van der Waals surface area contributed by atoms with Gasteiger partial charge >= 0.3 is 0 Å². The number of ether oxygens (including phenoxy) is 2. The van der Waals surface area contributed by atoms with Crippen molar-refractivity contribution in [2.45, 2.75) is 40.9 Å². The third kappa shape index (κ3) is 8.93. The van der Waals surface area contributed by atoms with Crippen LogP contribution in [-0.4, -0.2) is 5.48 Å². The van der Waals surface area contributed by atoms with Gasteiger partial charge in [-0.3, -0.25) is 0 Å². The summed E-state index contributed by atoms with van der Waals surface area (Å²) in [6.45, 7) is 9.07. The van der Waals surface area contributed by atoms with Crippen LogP contribution in [0.25, 0.3) is 0 Å². The molecule has 27 heavy (non-hydrogen) atoms. The molecule has 3 heteroatoms. The maximum atomic E-state index is 5.89. The molecular weight excluding hydrogens is 336 g/mol. The predicted molar refractivity (Wildman–Crippen MR) is 114 cm³/mol. The lowest BCUT2D eigenvalue weighted by Gasteiger charge is -2.12. The summed E-state index contributed by atoms with van der Waals surface area (Å²) < 4.78 is 11.8. The molecular formula is C24H32O3. The first-order valence-electron chi connectivity index (χ1n) is 9.34. The highest BCUT2D eigenvalue weighted by molar-refractivity contribution is 5.39. The Bertz CT molecular complexity index is 635. The van der Waals surface area contributed by atoms with Gasteiger partial charge in [-0.15, -0.1) is 0 Å². The normalized spacial score (nSPS) is 8.74. The van der Waals surface area contributed by atoms with E-state index in [1.807, 2.05) is 113 Å². The lowest BCUT2D eigenvalue weighted by atomic mass is 10.2. The van der Waals surface area contributed by atoms with Gasteiger partial charge in [0.1, 0.15) is 13.2 Å². The number of hydrogen-bond donors (Lipinski definition) is 0. The van der Waals surface area contributed by atoms with Crippen LogP contribution in [0.2, 0.25) is 0 Å². The van der Waals surface area contributed by atoms with E-state index >= 15 is 0 Å². The molecule has 0 aliphatic rings. The number of hydrogen-bond acceptors (Lipinski definition) is 2. The molecule has 0 aliphatic heterocycles. The van der Waals surface area contributed by atoms with Crippen LogP contribution in [0.5, 0.6) is 11.5 Å². The van der Waals surface area contributed by atoms with E-state index in [-0.39, 0.29) is 5.48 Å². The molecule has 0 unspecified atom stereocenters. The van der Waals surface area contributed by atoms with Crippen LogP contribution in [-0.2, 0) is 13.2 Å². The standard InChI is InChI=1S/C20H18O2.2C2H6.H2O/c1-3-9-17(10-4-1)15-21-19-13-7-8-14-20(19)22-16-18-11-5-2-6-12-18;2*1-2;/h1-14H,15-16H2;2*1-2H3;1H2. The smallest absolute Gasteiger partial charge is 0.161 e. The molecule has 0 amide bonds. The van der Waals surface area contributed by atoms with Crippen molar-refractivity contribution in [2.24, 2.45) is 0 Å². The molecule has 0 radical (unpaired) electrons. The van der Waals surface area contributed by atoms with Gasteiger partial charge in [-0.25, -0.2) is 0 Å². The first-order valence-corrected chi connectivity index (χ1v) is 9.34. The van der Waals surface area contributed by atoms with Crippen molar-refractivity contribution in [3.05, 3.63) is 96.1 Å². The van der Waals surface area contributed by atoms with Gasteiger partial charge in [0.25, 0.3) is 0 Å². The van der Waals surface area contributed by atoms with Crippen LogP contribution >= 0.6 is 0 Å². The van der Waals surface area contributed by atoms with E-state index in [9.17, 15) is 0 Å². The van der Waals surface area contributed by atoms with Crippen molar-refractivity contribution < 1.29 is 14.9 Å². The van der Waals surface area contributed by atoms with Crippen molar-refractivity contribution in [1.29, 1.82) is 0 Å². The Morgan fingerprint density at radius 2 is 0.778 bits per heavy atom. The fraction of sp³-hybridized carbons (Fsp3) is 0.250. The summed E-state index contributed by atoms with van der Waals surface area (Å²) in [6, 6.07) is 28.0. The molecule has 0 fully saturated rings. The van der Waals surface area contributed by atoms with E-state index in [0.717, 1.165) is 22.6 Å². The maximum absolute atomic E-state index is 5.89. The van der Waals surface area contributed by atoms with Crippen LogP contribution < -0.4 is 9.47 Å². The first kappa shape index (κ1) is 24.2. The summed E-state index contributed by atoms with van der Waals surface area (Å²) in [4.78, 5) is 0. The third-order valence-corrected chi connectivity index (χ3v) is 3.32. The van der Waals surface area contributed by atoms with Crippen LogP contribution in [0, 0.1) is 0 Å². The minimum absolute atomic E-state index is 0. The Labute approximate surface area is 163 Å². The molecule has 3 aromatic rings. The van der Waals surface area contributed by atoms with E-state index in [4.69, 9.17) is 9.47 Å². The summed E-state index contributed by atoms with van der Waals surface area (Å²) in [7, 11) is 0. The zero-order valence-corrected chi connectivity index (χ0v) is 16.8. The average Bonchev–Trinajstić information content (AvgIpc) is 2.76. The van der Waals surface area contributed by atoms with Gasteiger partial charge in [-0.05, 0) is 23.3 Å². The molecule has 0 aliphatic carbocycles. The van der Waals surface area contributed by atoms with Gasteiger partial charge in [0.2, 0.25) is 0 Å². The Balaban J connectivity index is 0.00000127. The zero-order valence-electron chi connectivity index (χ0n) is 16.8. The molecule has 3 nitrogen and oxygen atoms in total. The molecule has 3 aromatic carbocycles. The van der Waals surface area contributed by atoms with Gasteiger partial charge < -0.3 is 14.9 Å². The number of para-hydroxylation sites is 2. The minimum Gasteiger partial charge on any atom is -0.485 e. The Kier molecular flexibility index (Phi) is 13.9. The monoisotopic (exact) mass is 368 g/mol. The largest absolute Gasteiger partial charge is 0.485 e. The first-order chi connectivity index (χ1) is 12.9. The predicted octanol–water partition coefficient (Wildman–Crippen LogP) is 6.07.